The van der Waals surface area contributed by atoms with E-state index in [1.807, 2.05) is 11.4 Å². The zero-order valence-electron chi connectivity index (χ0n) is 13.1. The first-order chi connectivity index (χ1) is 10.1. The number of hydrogen-bond donors (Lipinski definition) is 2. The van der Waals surface area contributed by atoms with Crippen molar-refractivity contribution in [3.63, 3.8) is 0 Å². The number of nitrogens with one attached hydrogen (secondary N) is 1. The lowest BCUT2D eigenvalue weighted by molar-refractivity contribution is 0.222. The van der Waals surface area contributed by atoms with Crippen molar-refractivity contribution in [2.75, 3.05) is 11.9 Å². The second-order valence-electron chi connectivity index (χ2n) is 6.06. The van der Waals surface area contributed by atoms with Gasteiger partial charge in [-0.05, 0) is 33.1 Å². The zero-order chi connectivity index (χ0) is 15.0. The Morgan fingerprint density at radius 3 is 2.90 bits per heavy atom. The molecular weight excluding hydrogens is 264 g/mol. The van der Waals surface area contributed by atoms with Crippen LogP contribution in [0.25, 0.3) is 5.65 Å². The molecule has 2 heterocycles. The van der Waals surface area contributed by atoms with Crippen molar-refractivity contribution >= 4 is 11.5 Å². The fourth-order valence-electron chi connectivity index (χ4n) is 3.20. The molecule has 0 spiro atoms. The normalized spacial score (nSPS) is 22.1. The van der Waals surface area contributed by atoms with Crippen LogP contribution in [0, 0.1) is 19.8 Å². The lowest BCUT2D eigenvalue weighted by atomic mass is 10.1. The number of rotatable bonds is 4. The molecule has 0 saturated heterocycles. The third kappa shape index (κ3) is 2.50. The van der Waals surface area contributed by atoms with Crippen molar-refractivity contribution in [1.82, 2.24) is 14.6 Å². The number of aromatic nitrogens is 3. The van der Waals surface area contributed by atoms with Crippen molar-refractivity contribution in [3.05, 3.63) is 23.0 Å². The third-order valence-electron chi connectivity index (χ3n) is 4.70. The molecule has 0 bridgehead atoms. The first-order valence-electron chi connectivity index (χ1n) is 7.87. The molecule has 2 aromatic rings. The molecule has 0 radical (unpaired) electrons. The highest BCUT2D eigenvalue weighted by atomic mass is 16.3. The maximum atomic E-state index is 9.50. The van der Waals surface area contributed by atoms with Crippen LogP contribution in [0.15, 0.2) is 6.07 Å². The molecule has 2 aromatic heterocycles. The summed E-state index contributed by atoms with van der Waals surface area (Å²) in [5, 5.41) is 17.7. The smallest absolute Gasteiger partial charge is 0.160 e. The van der Waals surface area contributed by atoms with E-state index in [4.69, 9.17) is 4.98 Å². The second kappa shape index (κ2) is 5.64. The summed E-state index contributed by atoms with van der Waals surface area (Å²) in [6.07, 6.45) is 4.29. The summed E-state index contributed by atoms with van der Waals surface area (Å²) >= 11 is 0. The van der Waals surface area contributed by atoms with Crippen LogP contribution < -0.4 is 5.32 Å². The van der Waals surface area contributed by atoms with Crippen LogP contribution in [0.5, 0.6) is 0 Å². The minimum absolute atomic E-state index is 0.254. The number of nitrogens with zero attached hydrogens (tertiary/aromatic N) is 3. The number of aliphatic hydroxyl groups is 1. The molecule has 0 aromatic carbocycles. The summed E-state index contributed by atoms with van der Waals surface area (Å²) in [6.45, 7) is 6.46. The van der Waals surface area contributed by atoms with E-state index in [1.54, 1.807) is 0 Å². The maximum Gasteiger partial charge on any atom is 0.160 e. The Kier molecular flexibility index (Phi) is 3.85. The Bertz CT molecular complexity index is 649. The van der Waals surface area contributed by atoms with Gasteiger partial charge in [0.25, 0.3) is 0 Å². The minimum atomic E-state index is 0.254. The van der Waals surface area contributed by atoms with Gasteiger partial charge in [-0.2, -0.15) is 9.61 Å². The van der Waals surface area contributed by atoms with Gasteiger partial charge < -0.3 is 10.4 Å². The SMILES string of the molecule is CCc1cc(N[C@H]2CCC[C@H]2CO)n2nc(C)c(C)c2n1. The van der Waals surface area contributed by atoms with Gasteiger partial charge >= 0.3 is 0 Å². The predicted octanol–water partition coefficient (Wildman–Crippen LogP) is 2.48. The molecular formula is C16H24N4O. The summed E-state index contributed by atoms with van der Waals surface area (Å²) < 4.78 is 1.91. The zero-order valence-corrected chi connectivity index (χ0v) is 13.1. The van der Waals surface area contributed by atoms with Gasteiger partial charge in [-0.1, -0.05) is 13.3 Å². The van der Waals surface area contributed by atoms with Gasteiger partial charge in [-0.25, -0.2) is 4.98 Å². The van der Waals surface area contributed by atoms with Gasteiger partial charge in [-0.3, -0.25) is 0 Å². The van der Waals surface area contributed by atoms with Crippen LogP contribution in [-0.2, 0) is 6.42 Å². The topological polar surface area (TPSA) is 62.5 Å². The molecule has 0 amide bonds. The van der Waals surface area contributed by atoms with Crippen molar-refractivity contribution < 1.29 is 5.11 Å². The van der Waals surface area contributed by atoms with Crippen LogP contribution in [-0.4, -0.2) is 32.4 Å². The number of fused-ring (bicyclic) bond motifs is 1. The lowest BCUT2D eigenvalue weighted by Gasteiger charge is -2.21. The molecule has 21 heavy (non-hydrogen) atoms. The Hall–Kier alpha value is -1.62. The van der Waals surface area contributed by atoms with E-state index in [-0.39, 0.29) is 6.61 Å². The van der Waals surface area contributed by atoms with E-state index in [2.05, 4.69) is 30.3 Å². The minimum Gasteiger partial charge on any atom is -0.396 e. The summed E-state index contributed by atoms with van der Waals surface area (Å²) in [4.78, 5) is 4.70. The first kappa shape index (κ1) is 14.3. The summed E-state index contributed by atoms with van der Waals surface area (Å²) in [7, 11) is 0. The fraction of sp³-hybridized carbons (Fsp3) is 0.625. The number of anilines is 1. The third-order valence-corrected chi connectivity index (χ3v) is 4.70. The Balaban J connectivity index is 2.02. The van der Waals surface area contributed by atoms with E-state index in [0.29, 0.717) is 12.0 Å². The Labute approximate surface area is 125 Å². The van der Waals surface area contributed by atoms with Crippen molar-refractivity contribution in [2.45, 2.75) is 52.5 Å². The molecule has 1 aliphatic carbocycles. The maximum absolute atomic E-state index is 9.50. The average molecular weight is 288 g/mol. The van der Waals surface area contributed by atoms with Crippen molar-refractivity contribution in [1.29, 1.82) is 0 Å². The van der Waals surface area contributed by atoms with Crippen LogP contribution >= 0.6 is 0 Å². The van der Waals surface area contributed by atoms with Crippen LogP contribution in [0.1, 0.15) is 43.1 Å². The summed E-state index contributed by atoms with van der Waals surface area (Å²) in [6, 6.07) is 2.42. The highest BCUT2D eigenvalue weighted by molar-refractivity contribution is 5.56. The van der Waals surface area contributed by atoms with Gasteiger partial charge in [0.2, 0.25) is 0 Å². The molecule has 2 atom stereocenters. The predicted molar refractivity (Wildman–Crippen MR) is 83.7 cm³/mol. The molecule has 1 saturated carbocycles. The monoisotopic (exact) mass is 288 g/mol. The molecule has 0 unspecified atom stereocenters. The lowest BCUT2D eigenvalue weighted by Crippen LogP contribution is -2.27. The molecule has 2 N–H and O–H groups in total. The summed E-state index contributed by atoms with van der Waals surface area (Å²) in [5.74, 6) is 1.34. The molecule has 5 nitrogen and oxygen atoms in total. The first-order valence-corrected chi connectivity index (χ1v) is 7.87. The van der Waals surface area contributed by atoms with E-state index >= 15 is 0 Å². The van der Waals surface area contributed by atoms with Gasteiger partial charge in [0.1, 0.15) is 5.82 Å². The van der Waals surface area contributed by atoms with Gasteiger partial charge in [0.15, 0.2) is 5.65 Å². The number of aryl methyl sites for hydroxylation is 3. The molecule has 3 rings (SSSR count). The standard InChI is InChI=1S/C16H24N4O/c1-4-13-8-15(18-14-7-5-6-12(14)9-21)20-16(17-13)10(2)11(3)19-20/h8,12,14,18,21H,4-7,9H2,1-3H3/t12-,14-/m0/s1. The van der Waals surface area contributed by atoms with Crippen molar-refractivity contribution in [2.24, 2.45) is 5.92 Å². The number of aliphatic hydroxyl groups excluding tert-OH is 1. The highest BCUT2D eigenvalue weighted by Gasteiger charge is 2.27. The molecule has 1 aliphatic rings. The highest BCUT2D eigenvalue weighted by Crippen LogP contribution is 2.29. The Morgan fingerprint density at radius 1 is 1.38 bits per heavy atom. The largest absolute Gasteiger partial charge is 0.396 e. The Morgan fingerprint density at radius 2 is 2.19 bits per heavy atom. The number of hydrogen-bond acceptors (Lipinski definition) is 4. The molecule has 0 aliphatic heterocycles. The average Bonchev–Trinajstić information content (AvgIpc) is 3.05. The van der Waals surface area contributed by atoms with E-state index < -0.39 is 0 Å². The van der Waals surface area contributed by atoms with Crippen molar-refractivity contribution in [3.8, 4) is 0 Å². The molecule has 114 valence electrons. The summed E-state index contributed by atoms with van der Waals surface area (Å²) in [5.41, 5.74) is 4.17. The van der Waals surface area contributed by atoms with E-state index in [9.17, 15) is 5.11 Å². The van der Waals surface area contributed by atoms with Crippen LogP contribution in [0.4, 0.5) is 5.82 Å². The van der Waals surface area contributed by atoms with Gasteiger partial charge in [0.05, 0.1) is 5.69 Å². The van der Waals surface area contributed by atoms with Crippen LogP contribution in [0.3, 0.4) is 0 Å². The fourth-order valence-corrected chi connectivity index (χ4v) is 3.20. The van der Waals surface area contributed by atoms with Gasteiger partial charge in [-0.15, -0.1) is 0 Å². The molecule has 1 fully saturated rings. The van der Waals surface area contributed by atoms with Crippen LogP contribution in [0.2, 0.25) is 0 Å². The van der Waals surface area contributed by atoms with Gasteiger partial charge in [0, 0.05) is 35.9 Å². The molecule has 5 heteroatoms. The van der Waals surface area contributed by atoms with E-state index in [0.717, 1.165) is 47.7 Å². The quantitative estimate of drug-likeness (QED) is 0.907. The second-order valence-corrected chi connectivity index (χ2v) is 6.06. The van der Waals surface area contributed by atoms with E-state index in [1.165, 1.54) is 6.42 Å².